The summed E-state index contributed by atoms with van der Waals surface area (Å²) in [5, 5.41) is 0. The third kappa shape index (κ3) is 4.76. The van der Waals surface area contributed by atoms with Crippen molar-refractivity contribution in [3.8, 4) is 0 Å². The van der Waals surface area contributed by atoms with E-state index in [1.807, 2.05) is 20.8 Å². The van der Waals surface area contributed by atoms with Crippen LogP contribution in [0.5, 0.6) is 0 Å². The van der Waals surface area contributed by atoms with Gasteiger partial charge in [0.05, 0.1) is 23.7 Å². The van der Waals surface area contributed by atoms with Gasteiger partial charge in [0, 0.05) is 0 Å². The number of benzene rings is 1. The Morgan fingerprint density at radius 2 is 1.67 bits per heavy atom. The molecule has 0 fully saturated rings. The Morgan fingerprint density at radius 1 is 1.11 bits per heavy atom. The molecule has 0 N–H and O–H groups in total. The zero-order valence-corrected chi connectivity index (χ0v) is 12.0. The van der Waals surface area contributed by atoms with Gasteiger partial charge in [0.15, 0.2) is 0 Å². The summed E-state index contributed by atoms with van der Waals surface area (Å²) in [6, 6.07) is 6.56. The Bertz CT molecular complexity index is 462. The maximum Gasteiger partial charge on any atom is 0.297 e. The largest absolute Gasteiger partial charge is 0.373 e. The third-order valence-corrected chi connectivity index (χ3v) is 3.57. The fourth-order valence-electron chi connectivity index (χ4n) is 1.46. The van der Waals surface area contributed by atoms with Crippen LogP contribution in [0.15, 0.2) is 29.2 Å². The zero-order chi connectivity index (χ0) is 13.8. The topological polar surface area (TPSA) is 52.6 Å². The lowest BCUT2D eigenvalue weighted by atomic mass is 10.2. The van der Waals surface area contributed by atoms with Crippen LogP contribution in [-0.2, 0) is 19.0 Å². The molecule has 0 aliphatic rings. The first kappa shape index (κ1) is 15.1. The van der Waals surface area contributed by atoms with Crippen molar-refractivity contribution >= 4 is 10.1 Å². The highest BCUT2D eigenvalue weighted by Crippen LogP contribution is 2.14. The molecule has 1 unspecified atom stereocenters. The first-order chi connectivity index (χ1) is 8.31. The molecule has 0 heterocycles. The molecular formula is C13H20O4S. The Labute approximate surface area is 109 Å². The summed E-state index contributed by atoms with van der Waals surface area (Å²) >= 11 is 0. The number of aryl methyl sites for hydroxylation is 1. The van der Waals surface area contributed by atoms with E-state index in [1.54, 1.807) is 31.2 Å². The van der Waals surface area contributed by atoms with Gasteiger partial charge in [-0.3, -0.25) is 4.18 Å². The van der Waals surface area contributed by atoms with Crippen LogP contribution in [0.25, 0.3) is 0 Å². The minimum Gasteiger partial charge on any atom is -0.373 e. The van der Waals surface area contributed by atoms with Gasteiger partial charge in [0.25, 0.3) is 10.1 Å². The van der Waals surface area contributed by atoms with Crippen LogP contribution in [0.2, 0.25) is 0 Å². The smallest absolute Gasteiger partial charge is 0.297 e. The SMILES string of the molecule is Cc1ccc(S(=O)(=O)OCC(C)OC(C)C)cc1. The van der Waals surface area contributed by atoms with Crippen molar-refractivity contribution in [2.45, 2.75) is 44.8 Å². The summed E-state index contributed by atoms with van der Waals surface area (Å²) in [4.78, 5) is 0.171. The summed E-state index contributed by atoms with van der Waals surface area (Å²) < 4.78 is 34.1. The van der Waals surface area contributed by atoms with Crippen molar-refractivity contribution in [1.82, 2.24) is 0 Å². The van der Waals surface area contributed by atoms with Gasteiger partial charge in [-0.15, -0.1) is 0 Å². The quantitative estimate of drug-likeness (QED) is 0.747. The molecule has 1 aromatic carbocycles. The average Bonchev–Trinajstić information content (AvgIpc) is 2.26. The van der Waals surface area contributed by atoms with E-state index >= 15 is 0 Å². The van der Waals surface area contributed by atoms with Crippen LogP contribution >= 0.6 is 0 Å². The highest BCUT2D eigenvalue weighted by atomic mass is 32.2. The standard InChI is InChI=1S/C13H20O4S/c1-10(2)17-12(4)9-16-18(14,15)13-7-5-11(3)6-8-13/h5-8,10,12H,9H2,1-4H3. The molecule has 0 bridgehead atoms. The van der Waals surface area contributed by atoms with Gasteiger partial charge in [0.2, 0.25) is 0 Å². The second kappa shape index (κ2) is 6.31. The highest BCUT2D eigenvalue weighted by Gasteiger charge is 2.17. The molecule has 0 spiro atoms. The lowest BCUT2D eigenvalue weighted by Crippen LogP contribution is -2.22. The van der Waals surface area contributed by atoms with Crippen molar-refractivity contribution in [2.75, 3.05) is 6.61 Å². The molecule has 4 nitrogen and oxygen atoms in total. The second-order valence-corrected chi connectivity index (χ2v) is 6.16. The molecule has 0 aliphatic heterocycles. The third-order valence-electron chi connectivity index (χ3n) is 2.27. The molecule has 0 aromatic heterocycles. The van der Waals surface area contributed by atoms with E-state index < -0.39 is 10.1 Å². The van der Waals surface area contributed by atoms with E-state index in [4.69, 9.17) is 8.92 Å². The van der Waals surface area contributed by atoms with Crippen LogP contribution in [0.4, 0.5) is 0 Å². The first-order valence-corrected chi connectivity index (χ1v) is 7.33. The molecule has 0 saturated carbocycles. The molecule has 0 saturated heterocycles. The Balaban J connectivity index is 2.63. The molecule has 18 heavy (non-hydrogen) atoms. The number of hydrogen-bond acceptors (Lipinski definition) is 4. The maximum absolute atomic E-state index is 11.9. The van der Waals surface area contributed by atoms with Gasteiger partial charge in [-0.25, -0.2) is 0 Å². The fraction of sp³-hybridized carbons (Fsp3) is 0.538. The lowest BCUT2D eigenvalue weighted by Gasteiger charge is -2.15. The Morgan fingerprint density at radius 3 is 2.17 bits per heavy atom. The number of ether oxygens (including phenoxy) is 1. The van der Waals surface area contributed by atoms with Crippen molar-refractivity contribution < 1.29 is 17.3 Å². The normalized spacial score (nSPS) is 13.8. The van der Waals surface area contributed by atoms with Gasteiger partial charge in [-0.2, -0.15) is 8.42 Å². The Hall–Kier alpha value is -0.910. The number of rotatable bonds is 6. The molecular weight excluding hydrogens is 252 g/mol. The van der Waals surface area contributed by atoms with E-state index in [0.717, 1.165) is 5.56 Å². The van der Waals surface area contributed by atoms with E-state index in [0.29, 0.717) is 0 Å². The van der Waals surface area contributed by atoms with Crippen molar-refractivity contribution in [1.29, 1.82) is 0 Å². The second-order valence-electron chi connectivity index (χ2n) is 4.55. The summed E-state index contributed by atoms with van der Waals surface area (Å²) in [6.45, 7) is 7.49. The molecule has 1 atom stereocenters. The van der Waals surface area contributed by atoms with Crippen LogP contribution in [0.1, 0.15) is 26.3 Å². The minimum absolute atomic E-state index is 0.0222. The molecule has 1 rings (SSSR count). The maximum atomic E-state index is 11.9. The van der Waals surface area contributed by atoms with E-state index in [-0.39, 0.29) is 23.7 Å². The summed E-state index contributed by atoms with van der Waals surface area (Å²) in [7, 11) is -3.69. The van der Waals surface area contributed by atoms with Gasteiger partial charge in [-0.1, -0.05) is 17.7 Å². The highest BCUT2D eigenvalue weighted by molar-refractivity contribution is 7.86. The van der Waals surface area contributed by atoms with Crippen LogP contribution < -0.4 is 0 Å². The first-order valence-electron chi connectivity index (χ1n) is 5.93. The van der Waals surface area contributed by atoms with Crippen molar-refractivity contribution in [3.05, 3.63) is 29.8 Å². The van der Waals surface area contributed by atoms with E-state index in [1.165, 1.54) is 0 Å². The van der Waals surface area contributed by atoms with Gasteiger partial charge < -0.3 is 4.74 Å². The minimum atomic E-state index is -3.69. The molecule has 102 valence electrons. The summed E-state index contributed by atoms with van der Waals surface area (Å²) in [5.74, 6) is 0. The average molecular weight is 272 g/mol. The molecule has 0 amide bonds. The van der Waals surface area contributed by atoms with Crippen LogP contribution in [0, 0.1) is 6.92 Å². The zero-order valence-electron chi connectivity index (χ0n) is 11.2. The number of hydrogen-bond donors (Lipinski definition) is 0. The fourth-order valence-corrected chi connectivity index (χ4v) is 2.44. The summed E-state index contributed by atoms with van der Waals surface area (Å²) in [6.07, 6.45) is -0.212. The lowest BCUT2D eigenvalue weighted by molar-refractivity contribution is -0.00508. The Kier molecular flexibility index (Phi) is 5.31. The monoisotopic (exact) mass is 272 g/mol. The van der Waals surface area contributed by atoms with E-state index in [2.05, 4.69) is 0 Å². The molecule has 0 radical (unpaired) electrons. The molecule has 0 aliphatic carbocycles. The molecule has 5 heteroatoms. The van der Waals surface area contributed by atoms with Gasteiger partial charge in [-0.05, 0) is 39.8 Å². The van der Waals surface area contributed by atoms with Crippen molar-refractivity contribution in [3.63, 3.8) is 0 Å². The summed E-state index contributed by atoms with van der Waals surface area (Å²) in [5.41, 5.74) is 1.01. The van der Waals surface area contributed by atoms with Gasteiger partial charge >= 0.3 is 0 Å². The predicted octanol–water partition coefficient (Wildman–Crippen LogP) is 2.51. The van der Waals surface area contributed by atoms with Crippen LogP contribution in [0.3, 0.4) is 0 Å². The van der Waals surface area contributed by atoms with Crippen molar-refractivity contribution in [2.24, 2.45) is 0 Å². The predicted molar refractivity (Wildman–Crippen MR) is 70.0 cm³/mol. The van der Waals surface area contributed by atoms with Gasteiger partial charge in [0.1, 0.15) is 0 Å². The van der Waals surface area contributed by atoms with Crippen LogP contribution in [-0.4, -0.2) is 27.2 Å². The van der Waals surface area contributed by atoms with E-state index in [9.17, 15) is 8.42 Å². The molecule has 1 aromatic rings.